The fraction of sp³-hybridized carbons (Fsp3) is 0.947. The lowest BCUT2D eigenvalue weighted by molar-refractivity contribution is 0.0195. The first kappa shape index (κ1) is 23.9. The lowest BCUT2D eigenvalue weighted by atomic mass is 10.0. The highest BCUT2D eigenvalue weighted by Gasteiger charge is 2.30. The Morgan fingerprint density at radius 2 is 1.92 bits per heavy atom. The Balaban J connectivity index is 0.00000338. The molecule has 1 N–H and O–H groups in total. The molecule has 2 heterocycles. The molecule has 6 nitrogen and oxygen atoms in total. The number of nitrogens with zero attached hydrogens (tertiary/aromatic N) is 4. The second-order valence-corrected chi connectivity index (χ2v) is 7.98. The summed E-state index contributed by atoms with van der Waals surface area (Å²) in [5.41, 5.74) is 0. The number of aliphatic imine (C=N–C) groups is 1. The highest BCUT2D eigenvalue weighted by molar-refractivity contribution is 14.0. The van der Waals surface area contributed by atoms with Gasteiger partial charge in [0, 0.05) is 44.8 Å². The Morgan fingerprint density at radius 3 is 2.50 bits per heavy atom. The van der Waals surface area contributed by atoms with Gasteiger partial charge in [0.15, 0.2) is 5.96 Å². The van der Waals surface area contributed by atoms with E-state index in [9.17, 15) is 0 Å². The molecule has 0 saturated carbocycles. The normalized spacial score (nSPS) is 23.4. The highest BCUT2D eigenvalue weighted by atomic mass is 127. The van der Waals surface area contributed by atoms with E-state index in [1.165, 1.54) is 12.8 Å². The second kappa shape index (κ2) is 12.4. The number of nitrogens with one attached hydrogen (secondary N) is 1. The zero-order valence-corrected chi connectivity index (χ0v) is 19.7. The molecular formula is C19H40IN5O. The first-order valence-electron chi connectivity index (χ1n) is 10.0. The number of ether oxygens (including phenoxy) is 1. The second-order valence-electron chi connectivity index (χ2n) is 7.98. The van der Waals surface area contributed by atoms with E-state index in [1.807, 2.05) is 0 Å². The van der Waals surface area contributed by atoms with Crippen LogP contribution >= 0.6 is 24.0 Å². The Morgan fingerprint density at radius 1 is 1.23 bits per heavy atom. The van der Waals surface area contributed by atoms with Crippen LogP contribution in [0.15, 0.2) is 4.99 Å². The summed E-state index contributed by atoms with van der Waals surface area (Å²) in [6.45, 7) is 14.6. The zero-order valence-electron chi connectivity index (χ0n) is 17.4. The number of hydrogen-bond acceptors (Lipinski definition) is 4. The summed E-state index contributed by atoms with van der Waals surface area (Å²) >= 11 is 0. The summed E-state index contributed by atoms with van der Waals surface area (Å²) in [7, 11) is 4.33. The maximum Gasteiger partial charge on any atom is 0.194 e. The van der Waals surface area contributed by atoms with Crippen LogP contribution in [0.2, 0.25) is 0 Å². The van der Waals surface area contributed by atoms with E-state index in [4.69, 9.17) is 9.73 Å². The van der Waals surface area contributed by atoms with E-state index in [0.717, 1.165) is 58.4 Å². The van der Waals surface area contributed by atoms with Gasteiger partial charge in [-0.3, -0.25) is 9.89 Å². The lowest BCUT2D eigenvalue weighted by Gasteiger charge is -2.32. The largest absolute Gasteiger partial charge is 0.379 e. The van der Waals surface area contributed by atoms with Crippen molar-refractivity contribution in [1.29, 1.82) is 0 Å². The molecular weight excluding hydrogens is 441 g/mol. The van der Waals surface area contributed by atoms with Crippen LogP contribution in [0.1, 0.15) is 33.6 Å². The molecule has 2 aliphatic rings. The number of morpholine rings is 1. The van der Waals surface area contributed by atoms with Crippen molar-refractivity contribution < 1.29 is 4.74 Å². The minimum absolute atomic E-state index is 0. The highest BCUT2D eigenvalue weighted by Crippen LogP contribution is 2.17. The molecule has 0 aromatic rings. The van der Waals surface area contributed by atoms with Crippen molar-refractivity contribution in [1.82, 2.24) is 20.0 Å². The van der Waals surface area contributed by atoms with Crippen molar-refractivity contribution in [3.8, 4) is 0 Å². The van der Waals surface area contributed by atoms with Crippen molar-refractivity contribution in [3.05, 3.63) is 0 Å². The Bertz CT molecular complexity index is 413. The molecule has 2 aliphatic heterocycles. The van der Waals surface area contributed by atoms with Gasteiger partial charge in [0.05, 0.1) is 19.8 Å². The molecule has 0 aromatic heterocycles. The van der Waals surface area contributed by atoms with Gasteiger partial charge in [-0.05, 0) is 39.8 Å². The van der Waals surface area contributed by atoms with Crippen LogP contribution in [0.25, 0.3) is 0 Å². The van der Waals surface area contributed by atoms with E-state index >= 15 is 0 Å². The molecule has 7 heteroatoms. The van der Waals surface area contributed by atoms with Gasteiger partial charge in [0.25, 0.3) is 0 Å². The molecule has 154 valence electrons. The van der Waals surface area contributed by atoms with Gasteiger partial charge in [-0.15, -0.1) is 24.0 Å². The molecule has 2 fully saturated rings. The van der Waals surface area contributed by atoms with Gasteiger partial charge in [-0.1, -0.05) is 13.8 Å². The van der Waals surface area contributed by atoms with Crippen LogP contribution in [-0.4, -0.2) is 99.3 Å². The summed E-state index contributed by atoms with van der Waals surface area (Å²) in [5, 5.41) is 3.51. The minimum Gasteiger partial charge on any atom is -0.379 e. The van der Waals surface area contributed by atoms with E-state index in [2.05, 4.69) is 54.9 Å². The lowest BCUT2D eigenvalue weighted by Crippen LogP contribution is -2.47. The van der Waals surface area contributed by atoms with E-state index in [1.54, 1.807) is 0 Å². The fourth-order valence-corrected chi connectivity index (χ4v) is 3.79. The smallest absolute Gasteiger partial charge is 0.194 e. The maximum atomic E-state index is 5.50. The Hall–Kier alpha value is -0.120. The van der Waals surface area contributed by atoms with Gasteiger partial charge in [0.1, 0.15) is 0 Å². The van der Waals surface area contributed by atoms with E-state index in [0.29, 0.717) is 18.0 Å². The van der Waals surface area contributed by atoms with Gasteiger partial charge < -0.3 is 19.9 Å². The quantitative estimate of drug-likeness (QED) is 0.342. The SMILES string of the molecule is CCNC(=NCC(CC(C)C)N(C)C)N1CCC(N2CCOCC2)C1.I. The van der Waals surface area contributed by atoms with Crippen molar-refractivity contribution in [2.75, 3.05) is 66.6 Å². The van der Waals surface area contributed by atoms with Crippen LogP contribution in [-0.2, 0) is 4.74 Å². The number of hydrogen-bond donors (Lipinski definition) is 1. The average molecular weight is 481 g/mol. The topological polar surface area (TPSA) is 43.3 Å². The van der Waals surface area contributed by atoms with Gasteiger partial charge in [-0.25, -0.2) is 0 Å². The molecule has 0 spiro atoms. The van der Waals surface area contributed by atoms with Gasteiger partial charge in [-0.2, -0.15) is 0 Å². The molecule has 0 aliphatic carbocycles. The summed E-state index contributed by atoms with van der Waals surface area (Å²) in [6, 6.07) is 1.15. The summed E-state index contributed by atoms with van der Waals surface area (Å²) in [4.78, 5) is 12.4. The third-order valence-electron chi connectivity index (χ3n) is 5.29. The predicted molar refractivity (Wildman–Crippen MR) is 121 cm³/mol. The van der Waals surface area contributed by atoms with E-state index < -0.39 is 0 Å². The molecule has 2 rings (SSSR count). The molecule has 0 radical (unpaired) electrons. The number of guanidine groups is 1. The summed E-state index contributed by atoms with van der Waals surface area (Å²) in [5.74, 6) is 1.79. The molecule has 2 atom stereocenters. The Labute approximate surface area is 177 Å². The van der Waals surface area contributed by atoms with Gasteiger partial charge in [0.2, 0.25) is 0 Å². The zero-order chi connectivity index (χ0) is 18.2. The van der Waals surface area contributed by atoms with Crippen LogP contribution < -0.4 is 5.32 Å². The van der Waals surface area contributed by atoms with Crippen LogP contribution in [0.5, 0.6) is 0 Å². The fourth-order valence-electron chi connectivity index (χ4n) is 3.79. The standard InChI is InChI=1S/C19H39N5O.HI/c1-6-20-19(21-14-18(22(4)5)13-16(2)3)24-8-7-17(15-24)23-9-11-25-12-10-23;/h16-18H,6-15H2,1-5H3,(H,20,21);1H. The van der Waals surface area contributed by atoms with E-state index in [-0.39, 0.29) is 24.0 Å². The average Bonchev–Trinajstić information content (AvgIpc) is 3.07. The van der Waals surface area contributed by atoms with Crippen LogP contribution in [0.3, 0.4) is 0 Å². The third-order valence-corrected chi connectivity index (χ3v) is 5.29. The monoisotopic (exact) mass is 481 g/mol. The number of likely N-dealkylation sites (N-methyl/N-ethyl adjacent to an activating group) is 1. The van der Waals surface area contributed by atoms with Crippen LogP contribution in [0.4, 0.5) is 0 Å². The molecule has 26 heavy (non-hydrogen) atoms. The third kappa shape index (κ3) is 7.48. The molecule has 0 amide bonds. The maximum absolute atomic E-state index is 5.50. The van der Waals surface area contributed by atoms with Crippen LogP contribution in [0, 0.1) is 5.92 Å². The first-order chi connectivity index (χ1) is 12.0. The van der Waals surface area contributed by atoms with Crippen molar-refractivity contribution in [3.63, 3.8) is 0 Å². The number of likely N-dealkylation sites (tertiary alicyclic amines) is 1. The summed E-state index contributed by atoms with van der Waals surface area (Å²) in [6.07, 6.45) is 2.42. The number of halogens is 1. The predicted octanol–water partition coefficient (Wildman–Crippen LogP) is 1.95. The first-order valence-corrected chi connectivity index (χ1v) is 10.0. The van der Waals surface area contributed by atoms with Crippen molar-refractivity contribution >= 4 is 29.9 Å². The molecule has 2 unspecified atom stereocenters. The number of rotatable bonds is 7. The molecule has 0 aromatic carbocycles. The molecule has 2 saturated heterocycles. The van der Waals surface area contributed by atoms with Gasteiger partial charge >= 0.3 is 0 Å². The Kier molecular flexibility index (Phi) is 11.4. The molecule has 0 bridgehead atoms. The minimum atomic E-state index is 0. The van der Waals surface area contributed by atoms with Crippen molar-refractivity contribution in [2.45, 2.75) is 45.7 Å². The van der Waals surface area contributed by atoms with Crippen molar-refractivity contribution in [2.24, 2.45) is 10.9 Å². The summed E-state index contributed by atoms with van der Waals surface area (Å²) < 4.78 is 5.50.